The summed E-state index contributed by atoms with van der Waals surface area (Å²) in [5, 5.41) is 14.9. The Kier molecular flexibility index (Phi) is 8.88. The molecule has 3 rings (SSSR count). The van der Waals surface area contributed by atoms with Crippen molar-refractivity contribution in [3.05, 3.63) is 94.3 Å². The van der Waals surface area contributed by atoms with E-state index in [9.17, 15) is 19.6 Å². The van der Waals surface area contributed by atoms with Gasteiger partial charge in [-0.05, 0) is 73.9 Å². The lowest BCUT2D eigenvalue weighted by Crippen LogP contribution is -2.31. The van der Waals surface area contributed by atoms with Crippen LogP contribution in [0.4, 0.5) is 5.69 Å². The van der Waals surface area contributed by atoms with Gasteiger partial charge in [-0.15, -0.1) is 0 Å². The number of aryl methyl sites for hydroxylation is 2. The minimum Gasteiger partial charge on any atom is -0.496 e. The molecule has 38 heavy (non-hydrogen) atoms. The maximum absolute atomic E-state index is 13.1. The third-order valence-corrected chi connectivity index (χ3v) is 6.00. The zero-order valence-electron chi connectivity index (χ0n) is 22.3. The van der Waals surface area contributed by atoms with Crippen molar-refractivity contribution < 1.29 is 24.3 Å². The van der Waals surface area contributed by atoms with Crippen LogP contribution in [0.5, 0.6) is 5.75 Å². The lowest BCUT2D eigenvalue weighted by molar-refractivity contribution is -0.114. The summed E-state index contributed by atoms with van der Waals surface area (Å²) in [5.74, 6) is -0.777. The van der Waals surface area contributed by atoms with E-state index in [1.807, 2.05) is 37.5 Å². The summed E-state index contributed by atoms with van der Waals surface area (Å²) in [4.78, 5) is 39.6. The molecule has 3 aromatic rings. The monoisotopic (exact) mass is 516 g/mol. The minimum absolute atomic E-state index is 0.0972. The van der Waals surface area contributed by atoms with E-state index < -0.39 is 11.8 Å². The number of hydrogen-bond acceptors (Lipinski definition) is 6. The van der Waals surface area contributed by atoms with E-state index in [1.54, 1.807) is 57.6 Å². The lowest BCUT2D eigenvalue weighted by Gasteiger charge is -2.16. The standard InChI is InChI=1S/C29H32N4O5/c1-17-9-7-10-18(2)25(17)23-16-20(13-14-24(23)38-6)27(34)30-19(3)26(32-37)28(35)31-22-12-8-11-21(15-22)29(36)33(4)5/h7-16,32,37H,1-6H3,(H,30,34)(H,31,35)/b26-19-. The number of allylic oxidation sites excluding steroid dienone is 1. The van der Waals surface area contributed by atoms with Gasteiger partial charge < -0.3 is 20.3 Å². The van der Waals surface area contributed by atoms with E-state index in [2.05, 4.69) is 10.6 Å². The normalized spacial score (nSPS) is 11.2. The fourth-order valence-electron chi connectivity index (χ4n) is 4.08. The van der Waals surface area contributed by atoms with E-state index >= 15 is 0 Å². The molecule has 198 valence electrons. The van der Waals surface area contributed by atoms with E-state index in [-0.39, 0.29) is 17.3 Å². The molecule has 0 aliphatic heterocycles. The zero-order chi connectivity index (χ0) is 28.0. The summed E-state index contributed by atoms with van der Waals surface area (Å²) >= 11 is 0. The SMILES string of the molecule is COc1ccc(C(=O)N/C(C)=C(\NO)C(=O)Nc2cccc(C(=O)N(C)C)c2)cc1-c1c(C)cccc1C. The van der Waals surface area contributed by atoms with Crippen molar-refractivity contribution >= 4 is 23.4 Å². The van der Waals surface area contributed by atoms with Crippen LogP contribution >= 0.6 is 0 Å². The highest BCUT2D eigenvalue weighted by Crippen LogP contribution is 2.35. The van der Waals surface area contributed by atoms with Gasteiger partial charge in [0.25, 0.3) is 17.7 Å². The van der Waals surface area contributed by atoms with Crippen LogP contribution in [-0.2, 0) is 4.79 Å². The predicted octanol–water partition coefficient (Wildman–Crippen LogP) is 4.26. The number of hydrogen-bond donors (Lipinski definition) is 4. The van der Waals surface area contributed by atoms with Gasteiger partial charge in [0.15, 0.2) is 0 Å². The molecule has 9 heteroatoms. The second kappa shape index (κ2) is 12.1. The summed E-state index contributed by atoms with van der Waals surface area (Å²) in [6.45, 7) is 5.47. The third-order valence-electron chi connectivity index (χ3n) is 6.00. The first kappa shape index (κ1) is 27.9. The molecule has 0 unspecified atom stereocenters. The van der Waals surface area contributed by atoms with Crippen LogP contribution in [0.1, 0.15) is 38.8 Å². The van der Waals surface area contributed by atoms with Gasteiger partial charge >= 0.3 is 0 Å². The molecule has 0 fully saturated rings. The molecule has 0 spiro atoms. The van der Waals surface area contributed by atoms with Gasteiger partial charge in [-0.25, -0.2) is 0 Å². The average molecular weight is 517 g/mol. The molecular formula is C29H32N4O5. The fourth-order valence-corrected chi connectivity index (χ4v) is 4.08. The van der Waals surface area contributed by atoms with Crippen LogP contribution in [0.25, 0.3) is 11.1 Å². The smallest absolute Gasteiger partial charge is 0.275 e. The number of rotatable bonds is 8. The molecular weight excluding hydrogens is 484 g/mol. The van der Waals surface area contributed by atoms with Crippen LogP contribution in [-0.4, -0.2) is 49.0 Å². The summed E-state index contributed by atoms with van der Waals surface area (Å²) in [5.41, 5.74) is 6.60. The second-order valence-corrected chi connectivity index (χ2v) is 8.98. The Hall–Kier alpha value is -4.63. The van der Waals surface area contributed by atoms with Gasteiger partial charge in [-0.1, -0.05) is 24.3 Å². The van der Waals surface area contributed by atoms with E-state index in [4.69, 9.17) is 4.74 Å². The first-order chi connectivity index (χ1) is 18.1. The van der Waals surface area contributed by atoms with Gasteiger partial charge in [0.1, 0.15) is 11.4 Å². The molecule has 0 saturated carbocycles. The molecule has 9 nitrogen and oxygen atoms in total. The maximum Gasteiger partial charge on any atom is 0.275 e. The Morgan fingerprint density at radius 2 is 1.55 bits per heavy atom. The van der Waals surface area contributed by atoms with Crippen LogP contribution in [0.2, 0.25) is 0 Å². The highest BCUT2D eigenvalue weighted by Gasteiger charge is 2.19. The molecule has 0 aliphatic rings. The topological polar surface area (TPSA) is 120 Å². The summed E-state index contributed by atoms with van der Waals surface area (Å²) < 4.78 is 5.54. The quantitative estimate of drug-likeness (QED) is 0.262. The molecule has 0 aliphatic carbocycles. The zero-order valence-corrected chi connectivity index (χ0v) is 22.3. The minimum atomic E-state index is -0.703. The van der Waals surface area contributed by atoms with Gasteiger partial charge in [0.05, 0.1) is 7.11 Å². The number of carbonyl (C=O) groups excluding carboxylic acids is 3. The number of benzene rings is 3. The average Bonchev–Trinajstić information content (AvgIpc) is 2.88. The fraction of sp³-hybridized carbons (Fsp3) is 0.207. The number of nitrogens with one attached hydrogen (secondary N) is 3. The van der Waals surface area contributed by atoms with E-state index in [0.717, 1.165) is 22.3 Å². The van der Waals surface area contributed by atoms with Crippen LogP contribution < -0.4 is 20.9 Å². The number of anilines is 1. The predicted molar refractivity (Wildman–Crippen MR) is 146 cm³/mol. The van der Waals surface area contributed by atoms with Crippen molar-refractivity contribution in [3.8, 4) is 16.9 Å². The molecule has 0 radical (unpaired) electrons. The molecule has 3 aromatic carbocycles. The first-order valence-corrected chi connectivity index (χ1v) is 11.9. The molecule has 4 N–H and O–H groups in total. The first-order valence-electron chi connectivity index (χ1n) is 11.9. The van der Waals surface area contributed by atoms with Crippen molar-refractivity contribution in [2.24, 2.45) is 0 Å². The third kappa shape index (κ3) is 6.19. The number of nitrogens with zero attached hydrogens (tertiary/aromatic N) is 1. The largest absolute Gasteiger partial charge is 0.496 e. The van der Waals surface area contributed by atoms with Gasteiger partial charge in [0, 0.05) is 42.2 Å². The van der Waals surface area contributed by atoms with Crippen molar-refractivity contribution in [2.75, 3.05) is 26.5 Å². The van der Waals surface area contributed by atoms with Crippen molar-refractivity contribution in [3.63, 3.8) is 0 Å². The summed E-state index contributed by atoms with van der Waals surface area (Å²) in [6, 6.07) is 17.4. The lowest BCUT2D eigenvalue weighted by atomic mass is 9.93. The number of hydroxylamine groups is 1. The second-order valence-electron chi connectivity index (χ2n) is 8.98. The molecule has 0 heterocycles. The Labute approximate surface area is 222 Å². The van der Waals surface area contributed by atoms with Crippen molar-refractivity contribution in [1.29, 1.82) is 0 Å². The van der Waals surface area contributed by atoms with Crippen molar-refractivity contribution in [2.45, 2.75) is 20.8 Å². The Bertz CT molecular complexity index is 1390. The highest BCUT2D eigenvalue weighted by molar-refractivity contribution is 6.05. The van der Waals surface area contributed by atoms with Crippen molar-refractivity contribution in [1.82, 2.24) is 15.7 Å². The van der Waals surface area contributed by atoms with E-state index in [0.29, 0.717) is 22.6 Å². The highest BCUT2D eigenvalue weighted by atomic mass is 16.5. The number of ether oxygens (including phenoxy) is 1. The Balaban J connectivity index is 1.86. The van der Waals surface area contributed by atoms with Gasteiger partial charge in [-0.3, -0.25) is 25.1 Å². The molecule has 3 amide bonds. The number of amides is 3. The van der Waals surface area contributed by atoms with Crippen LogP contribution in [0.3, 0.4) is 0 Å². The summed E-state index contributed by atoms with van der Waals surface area (Å²) in [6.07, 6.45) is 0. The van der Waals surface area contributed by atoms with Crippen LogP contribution in [0.15, 0.2) is 72.1 Å². The van der Waals surface area contributed by atoms with E-state index in [1.165, 1.54) is 17.9 Å². The molecule has 0 aromatic heterocycles. The Morgan fingerprint density at radius 1 is 0.895 bits per heavy atom. The number of methoxy groups -OCH3 is 1. The number of carbonyl (C=O) groups is 3. The Morgan fingerprint density at radius 3 is 2.16 bits per heavy atom. The maximum atomic E-state index is 13.1. The molecule has 0 bridgehead atoms. The summed E-state index contributed by atoms with van der Waals surface area (Å²) in [7, 11) is 4.83. The molecule has 0 atom stereocenters. The van der Waals surface area contributed by atoms with Gasteiger partial charge in [-0.2, -0.15) is 0 Å². The molecule has 0 saturated heterocycles. The van der Waals surface area contributed by atoms with Gasteiger partial charge in [0.2, 0.25) is 0 Å². The van der Waals surface area contributed by atoms with Crippen LogP contribution in [0, 0.1) is 13.8 Å².